The molecule has 0 bridgehead atoms. The molecular weight excluding hydrogens is 677 g/mol. The van der Waals surface area contributed by atoms with Gasteiger partial charge in [-0.25, -0.2) is 14.4 Å². The van der Waals surface area contributed by atoms with Gasteiger partial charge in [-0.3, -0.25) is 24.5 Å². The van der Waals surface area contributed by atoms with E-state index in [1.54, 1.807) is 34.9 Å². The zero-order valence-electron chi connectivity index (χ0n) is 29.4. The van der Waals surface area contributed by atoms with Crippen molar-refractivity contribution in [1.82, 2.24) is 24.2 Å². The number of benzene rings is 1. The van der Waals surface area contributed by atoms with E-state index < -0.39 is 44.6 Å². The van der Waals surface area contributed by atoms with Crippen LogP contribution in [0, 0.1) is 11.3 Å². The summed E-state index contributed by atoms with van der Waals surface area (Å²) in [6, 6.07) is 10.8. The Morgan fingerprint density at radius 1 is 1.18 bits per heavy atom. The molecule has 51 heavy (non-hydrogen) atoms. The number of rotatable bonds is 14. The summed E-state index contributed by atoms with van der Waals surface area (Å²) in [6.45, 7) is 8.14. The van der Waals surface area contributed by atoms with Crippen molar-refractivity contribution in [2.24, 2.45) is 0 Å². The van der Waals surface area contributed by atoms with Gasteiger partial charge in [-0.2, -0.15) is 10.2 Å². The van der Waals surface area contributed by atoms with E-state index in [-0.39, 0.29) is 61.4 Å². The van der Waals surface area contributed by atoms with Crippen molar-refractivity contribution >= 4 is 37.7 Å². The highest BCUT2D eigenvalue weighted by molar-refractivity contribution is 7.44. The van der Waals surface area contributed by atoms with Gasteiger partial charge in [-0.15, -0.1) is 0 Å². The summed E-state index contributed by atoms with van der Waals surface area (Å²) in [5.74, 6) is -0.503. The summed E-state index contributed by atoms with van der Waals surface area (Å²) in [7, 11) is -1.67. The minimum Gasteiger partial charge on any atom is -0.431 e. The molecule has 2 unspecified atom stereocenters. The van der Waals surface area contributed by atoms with Crippen LogP contribution in [0.15, 0.2) is 53.6 Å². The monoisotopic (exact) mass is 723 g/mol. The summed E-state index contributed by atoms with van der Waals surface area (Å²) in [5, 5.41) is 11.8. The second kappa shape index (κ2) is 18.3. The van der Waals surface area contributed by atoms with Gasteiger partial charge in [0.2, 0.25) is 5.95 Å². The van der Waals surface area contributed by atoms with E-state index in [0.29, 0.717) is 5.56 Å². The summed E-state index contributed by atoms with van der Waals surface area (Å²) in [4.78, 5) is 50.1. The number of H-pyrrole nitrogens is 1. The molecule has 274 valence electrons. The van der Waals surface area contributed by atoms with Crippen LogP contribution in [0.1, 0.15) is 89.2 Å². The molecule has 15 nitrogen and oxygen atoms in total. The highest BCUT2D eigenvalue weighted by Crippen LogP contribution is 2.50. The number of nitrogens with one attached hydrogen (secondary N) is 2. The van der Waals surface area contributed by atoms with Gasteiger partial charge in [0.15, 0.2) is 11.2 Å². The van der Waals surface area contributed by atoms with Crippen LogP contribution in [0.5, 0.6) is 0 Å². The smallest absolute Gasteiger partial charge is 0.431 e. The molecule has 3 heterocycles. The van der Waals surface area contributed by atoms with E-state index in [1.165, 1.54) is 6.33 Å². The van der Waals surface area contributed by atoms with Crippen LogP contribution < -0.4 is 10.9 Å². The molecule has 2 N–H and O–H groups in total. The van der Waals surface area contributed by atoms with Gasteiger partial charge in [0, 0.05) is 24.1 Å². The number of allylic oxidation sites excluding steroid dienone is 1. The first-order valence-electron chi connectivity index (χ1n) is 17.4. The molecule has 1 fully saturated rings. The zero-order chi connectivity index (χ0) is 36.3. The van der Waals surface area contributed by atoms with Crippen LogP contribution in [-0.2, 0) is 23.3 Å². The highest BCUT2D eigenvalue weighted by atomic mass is 31.2. The quantitative estimate of drug-likeness (QED) is 0.0813. The van der Waals surface area contributed by atoms with E-state index in [1.807, 2.05) is 39.8 Å². The number of aromatic nitrogens is 4. The van der Waals surface area contributed by atoms with Crippen molar-refractivity contribution in [3.05, 3.63) is 64.7 Å². The molecule has 0 radical (unpaired) electrons. The number of anilines is 1. The topological polar surface area (TPSA) is 183 Å². The van der Waals surface area contributed by atoms with E-state index in [0.717, 1.165) is 32.1 Å². The summed E-state index contributed by atoms with van der Waals surface area (Å²) in [6.07, 6.45) is 7.29. The van der Waals surface area contributed by atoms with Gasteiger partial charge in [-0.1, -0.05) is 30.7 Å². The third-order valence-electron chi connectivity index (χ3n) is 8.40. The highest BCUT2D eigenvalue weighted by Gasteiger charge is 2.42. The molecular formula is C35H46N7O8P. The van der Waals surface area contributed by atoms with Crippen molar-refractivity contribution < 1.29 is 32.8 Å². The van der Waals surface area contributed by atoms with Crippen LogP contribution >= 0.6 is 8.53 Å². The van der Waals surface area contributed by atoms with E-state index in [4.69, 9.17) is 23.3 Å². The van der Waals surface area contributed by atoms with Gasteiger partial charge >= 0.3 is 6.16 Å². The standard InChI is InChI=1S/C35H46N7O8P/c1-23(2)42(24(3)4)51(47-19-13-18-36)50-27-20-29(49-28(27)21-46-35(45)48-26-16-11-6-5-7-12-17-26)41-22-37-30-31(41)38-34(40-33(30)44)39-32(43)25-14-9-8-10-15-25/h8-11,14-16,22-24,26-29H,5-7,12-13,17,19-21H2,1-4H3,(H2,38,39,40,43,44)/b16-11+/t26?,27-,28+,29+,51?/m0/s1. The van der Waals surface area contributed by atoms with Gasteiger partial charge in [0.05, 0.1) is 31.5 Å². The second-order valence-electron chi connectivity index (χ2n) is 12.9. The first kappa shape index (κ1) is 38.1. The van der Waals surface area contributed by atoms with Crippen molar-refractivity contribution in [1.29, 1.82) is 5.26 Å². The lowest BCUT2D eigenvalue weighted by Crippen LogP contribution is -2.37. The fourth-order valence-corrected chi connectivity index (χ4v) is 7.80. The fourth-order valence-electron chi connectivity index (χ4n) is 6.04. The largest absolute Gasteiger partial charge is 0.508 e. The molecule has 3 aromatic rings. The SMILES string of the molecule is CC(C)N(C(C)C)P(OCCC#N)O[C@H]1C[C@H](n2cnc3c(=O)[nH]c(NC(=O)c4ccccc4)nc32)O[C@@H]1COC(=O)OC1/C=C/CCCCC1. The van der Waals surface area contributed by atoms with Gasteiger partial charge < -0.3 is 23.3 Å². The maximum absolute atomic E-state index is 13.0. The number of fused-ring (bicyclic) bond motifs is 1. The second-order valence-corrected chi connectivity index (χ2v) is 14.3. The minimum atomic E-state index is -1.67. The van der Waals surface area contributed by atoms with Crippen molar-refractivity contribution in [3.63, 3.8) is 0 Å². The number of imidazole rings is 1. The average Bonchev–Trinajstić information content (AvgIpc) is 3.69. The lowest BCUT2D eigenvalue weighted by Gasteiger charge is -2.37. The Hall–Kier alpha value is -4.19. The molecule has 2 aliphatic rings. The predicted octanol–water partition coefficient (Wildman–Crippen LogP) is 6.36. The molecule has 16 heteroatoms. The number of ether oxygens (including phenoxy) is 3. The fraction of sp³-hybridized carbons (Fsp3) is 0.543. The molecule has 5 rings (SSSR count). The lowest BCUT2D eigenvalue weighted by molar-refractivity contribution is -0.0576. The number of amides is 1. The number of nitriles is 1. The van der Waals surface area contributed by atoms with E-state index in [2.05, 4.69) is 31.0 Å². The third kappa shape index (κ3) is 10.2. The van der Waals surface area contributed by atoms with Crippen molar-refractivity contribution in [2.75, 3.05) is 18.5 Å². The number of carbonyl (C=O) groups is 2. The molecule has 0 saturated carbocycles. The number of hydrogen-bond donors (Lipinski definition) is 2. The number of nitrogens with zero attached hydrogens (tertiary/aromatic N) is 5. The van der Waals surface area contributed by atoms with Gasteiger partial charge in [-0.05, 0) is 71.6 Å². The molecule has 0 spiro atoms. The molecule has 2 aromatic heterocycles. The maximum Gasteiger partial charge on any atom is 0.508 e. The Kier molecular flexibility index (Phi) is 13.7. The van der Waals surface area contributed by atoms with Gasteiger partial charge in [0.25, 0.3) is 20.0 Å². The van der Waals surface area contributed by atoms with Crippen molar-refractivity contribution in [3.8, 4) is 6.07 Å². The number of aromatic amines is 1. The van der Waals surface area contributed by atoms with E-state index >= 15 is 0 Å². The van der Waals surface area contributed by atoms with Crippen LogP contribution in [0.2, 0.25) is 0 Å². The maximum atomic E-state index is 13.0. The summed E-state index contributed by atoms with van der Waals surface area (Å²) < 4.78 is 34.2. The molecule has 1 aliphatic carbocycles. The molecule has 1 aliphatic heterocycles. The molecule has 1 saturated heterocycles. The Balaban J connectivity index is 1.39. The first-order valence-corrected chi connectivity index (χ1v) is 18.5. The number of carbonyl (C=O) groups excluding carboxylic acids is 2. The zero-order valence-corrected chi connectivity index (χ0v) is 30.3. The number of hydrogen-bond acceptors (Lipinski definition) is 12. The Bertz CT molecular complexity index is 1730. The molecule has 5 atom stereocenters. The van der Waals surface area contributed by atoms with Gasteiger partial charge in [0.1, 0.15) is 25.0 Å². The summed E-state index contributed by atoms with van der Waals surface area (Å²) >= 11 is 0. The lowest BCUT2D eigenvalue weighted by atomic mass is 10.0. The predicted molar refractivity (Wildman–Crippen MR) is 190 cm³/mol. The van der Waals surface area contributed by atoms with Crippen LogP contribution in [0.25, 0.3) is 11.2 Å². The Labute approximate surface area is 298 Å². The van der Waals surface area contributed by atoms with Crippen LogP contribution in [-0.4, -0.2) is 79.9 Å². The summed E-state index contributed by atoms with van der Waals surface area (Å²) in [5.41, 5.74) is 0.0847. The Morgan fingerprint density at radius 3 is 2.71 bits per heavy atom. The Morgan fingerprint density at radius 2 is 1.96 bits per heavy atom. The minimum absolute atomic E-state index is 0.0517. The normalized spacial score (nSPS) is 22.0. The van der Waals surface area contributed by atoms with Crippen molar-refractivity contribution in [2.45, 2.75) is 109 Å². The molecule has 1 amide bonds. The first-order chi connectivity index (χ1) is 24.6. The third-order valence-corrected chi connectivity index (χ3v) is 10.6. The molecule has 1 aromatic carbocycles. The van der Waals surface area contributed by atoms with Crippen LogP contribution in [0.4, 0.5) is 10.7 Å². The van der Waals surface area contributed by atoms with Crippen LogP contribution in [0.3, 0.4) is 0 Å². The van der Waals surface area contributed by atoms with E-state index in [9.17, 15) is 19.6 Å². The average molecular weight is 724 g/mol.